The van der Waals surface area contributed by atoms with Crippen LogP contribution in [0.1, 0.15) is 33.1 Å². The van der Waals surface area contributed by atoms with Crippen LogP contribution in [0.2, 0.25) is 0 Å². The number of halogens is 2. The van der Waals surface area contributed by atoms with Crippen molar-refractivity contribution in [2.75, 3.05) is 4.90 Å². The van der Waals surface area contributed by atoms with Gasteiger partial charge in [0.25, 0.3) is 5.69 Å². The van der Waals surface area contributed by atoms with Crippen molar-refractivity contribution in [2.45, 2.75) is 45.2 Å². The molecule has 0 N–H and O–H groups in total. The van der Waals surface area contributed by atoms with Gasteiger partial charge in [-0.3, -0.25) is 10.1 Å². The number of rotatable bonds is 2. The van der Waals surface area contributed by atoms with E-state index in [1.54, 1.807) is 12.1 Å². The summed E-state index contributed by atoms with van der Waals surface area (Å²) in [5.41, 5.74) is 1.12. The Labute approximate surface area is 129 Å². The Morgan fingerprint density at radius 1 is 1.21 bits per heavy atom. The molecule has 0 aliphatic carbocycles. The molecule has 0 radical (unpaired) electrons. The molecule has 0 aromatic heterocycles. The maximum Gasteiger partial charge on any atom is 0.271 e. The molecule has 0 amide bonds. The molecule has 1 aliphatic heterocycles. The summed E-state index contributed by atoms with van der Waals surface area (Å²) < 4.78 is 1.54. The lowest BCUT2D eigenvalue weighted by atomic mass is 9.96. The van der Waals surface area contributed by atoms with Gasteiger partial charge >= 0.3 is 0 Å². The van der Waals surface area contributed by atoms with Crippen molar-refractivity contribution in [1.29, 1.82) is 0 Å². The van der Waals surface area contributed by atoms with Crippen molar-refractivity contribution in [3.8, 4) is 0 Å². The summed E-state index contributed by atoms with van der Waals surface area (Å²) >= 11 is 6.96. The zero-order valence-electron chi connectivity index (χ0n) is 10.9. The van der Waals surface area contributed by atoms with E-state index in [0.29, 0.717) is 12.1 Å². The molecule has 1 aromatic rings. The molecule has 0 spiro atoms. The Morgan fingerprint density at radius 2 is 1.68 bits per heavy atom. The van der Waals surface area contributed by atoms with Crippen molar-refractivity contribution in [3.63, 3.8) is 0 Å². The minimum Gasteiger partial charge on any atom is -0.364 e. The molecule has 1 aliphatic rings. The predicted molar refractivity (Wildman–Crippen MR) is 83.8 cm³/mol. The molecule has 19 heavy (non-hydrogen) atoms. The molecule has 4 nitrogen and oxygen atoms in total. The number of nitro groups is 1. The third kappa shape index (κ3) is 2.94. The molecule has 6 heteroatoms. The highest BCUT2D eigenvalue weighted by Crippen LogP contribution is 2.41. The first kappa shape index (κ1) is 14.8. The summed E-state index contributed by atoms with van der Waals surface area (Å²) in [6.07, 6.45) is 3.54. The molecule has 0 unspecified atom stereocenters. The van der Waals surface area contributed by atoms with Gasteiger partial charge in [0, 0.05) is 33.2 Å². The Kier molecular flexibility index (Phi) is 4.50. The average Bonchev–Trinajstić information content (AvgIpc) is 2.31. The zero-order valence-corrected chi connectivity index (χ0v) is 14.1. The fourth-order valence-electron chi connectivity index (χ4n) is 2.77. The Balaban J connectivity index is 2.47. The molecular formula is C13H16Br2N2O2. The number of anilines is 1. The maximum absolute atomic E-state index is 10.9. The second-order valence-corrected chi connectivity index (χ2v) is 6.76. The number of piperidine rings is 1. The van der Waals surface area contributed by atoms with Gasteiger partial charge in [0.1, 0.15) is 0 Å². The second-order valence-electron chi connectivity index (χ2n) is 5.05. The fourth-order valence-corrected chi connectivity index (χ4v) is 4.34. The summed E-state index contributed by atoms with van der Waals surface area (Å²) in [5, 5.41) is 10.9. The van der Waals surface area contributed by atoms with Gasteiger partial charge in [-0.15, -0.1) is 0 Å². The molecule has 1 fully saturated rings. The number of hydrogen-bond donors (Lipinski definition) is 0. The molecule has 2 rings (SSSR count). The SMILES string of the molecule is C[C@@H]1CCC[C@@H](C)N1c1c(Br)cc([N+](=O)[O-])cc1Br. The first-order chi connectivity index (χ1) is 8.91. The van der Waals surface area contributed by atoms with Crippen LogP contribution in [-0.4, -0.2) is 17.0 Å². The smallest absolute Gasteiger partial charge is 0.271 e. The van der Waals surface area contributed by atoms with E-state index in [1.165, 1.54) is 6.42 Å². The van der Waals surface area contributed by atoms with E-state index in [-0.39, 0.29) is 10.6 Å². The van der Waals surface area contributed by atoms with Crippen LogP contribution in [-0.2, 0) is 0 Å². The summed E-state index contributed by atoms with van der Waals surface area (Å²) in [6.45, 7) is 4.41. The summed E-state index contributed by atoms with van der Waals surface area (Å²) in [6, 6.07) is 4.04. The van der Waals surface area contributed by atoms with Gasteiger partial charge in [-0.25, -0.2) is 0 Å². The topological polar surface area (TPSA) is 46.4 Å². The summed E-state index contributed by atoms with van der Waals surface area (Å²) in [7, 11) is 0. The number of hydrogen-bond acceptors (Lipinski definition) is 3. The number of non-ortho nitro benzene ring substituents is 1. The Hall–Kier alpha value is -0.620. The first-order valence-corrected chi connectivity index (χ1v) is 7.92. The molecule has 104 valence electrons. The van der Waals surface area contributed by atoms with Crippen molar-refractivity contribution < 1.29 is 4.92 Å². The van der Waals surface area contributed by atoms with E-state index in [9.17, 15) is 10.1 Å². The van der Waals surface area contributed by atoms with E-state index in [4.69, 9.17) is 0 Å². The van der Waals surface area contributed by atoms with Gasteiger partial charge < -0.3 is 4.90 Å². The average molecular weight is 392 g/mol. The first-order valence-electron chi connectivity index (χ1n) is 6.33. The van der Waals surface area contributed by atoms with Crippen molar-refractivity contribution in [2.24, 2.45) is 0 Å². The maximum atomic E-state index is 10.9. The van der Waals surface area contributed by atoms with Crippen molar-refractivity contribution in [1.82, 2.24) is 0 Å². The molecule has 1 saturated heterocycles. The van der Waals surface area contributed by atoms with E-state index in [1.807, 2.05) is 0 Å². The molecule has 1 aromatic carbocycles. The quantitative estimate of drug-likeness (QED) is 0.532. The van der Waals surface area contributed by atoms with Gasteiger partial charge in [-0.2, -0.15) is 0 Å². The van der Waals surface area contributed by atoms with Crippen LogP contribution in [0, 0.1) is 10.1 Å². The van der Waals surface area contributed by atoms with Crippen LogP contribution in [0.3, 0.4) is 0 Å². The van der Waals surface area contributed by atoms with E-state index < -0.39 is 0 Å². The van der Waals surface area contributed by atoms with Crippen LogP contribution >= 0.6 is 31.9 Å². The zero-order chi connectivity index (χ0) is 14.2. The lowest BCUT2D eigenvalue weighted by molar-refractivity contribution is -0.385. The largest absolute Gasteiger partial charge is 0.364 e. The Morgan fingerprint density at radius 3 is 2.11 bits per heavy atom. The molecule has 0 bridgehead atoms. The minimum absolute atomic E-state index is 0.0971. The van der Waals surface area contributed by atoms with Gasteiger partial charge in [-0.05, 0) is 65.0 Å². The highest BCUT2D eigenvalue weighted by molar-refractivity contribution is 9.11. The predicted octanol–water partition coefficient (Wildman–Crippen LogP) is 4.89. The van der Waals surface area contributed by atoms with Gasteiger partial charge in [-0.1, -0.05) is 0 Å². The van der Waals surface area contributed by atoms with Crippen LogP contribution in [0.25, 0.3) is 0 Å². The van der Waals surface area contributed by atoms with E-state index >= 15 is 0 Å². The number of nitro benzene ring substituents is 1. The molecule has 2 atom stereocenters. The van der Waals surface area contributed by atoms with Crippen LogP contribution in [0.15, 0.2) is 21.1 Å². The van der Waals surface area contributed by atoms with E-state index in [2.05, 4.69) is 50.6 Å². The summed E-state index contributed by atoms with van der Waals surface area (Å²) in [4.78, 5) is 12.8. The molecule has 1 heterocycles. The highest BCUT2D eigenvalue weighted by atomic mass is 79.9. The lowest BCUT2D eigenvalue weighted by Gasteiger charge is -2.41. The molecular weight excluding hydrogens is 376 g/mol. The fraction of sp³-hybridized carbons (Fsp3) is 0.538. The third-order valence-electron chi connectivity index (χ3n) is 3.66. The number of benzene rings is 1. The number of nitrogens with zero attached hydrogens (tertiary/aromatic N) is 2. The van der Waals surface area contributed by atoms with Crippen LogP contribution < -0.4 is 4.90 Å². The summed E-state index contributed by atoms with van der Waals surface area (Å²) in [5.74, 6) is 0. The standard InChI is InChI=1S/C13H16Br2N2O2/c1-8-4-3-5-9(2)16(8)13-11(14)6-10(17(18)19)7-12(13)15/h6-9H,3-5H2,1-2H3/t8-,9-/m1/s1. The minimum atomic E-state index is -0.373. The Bertz CT molecular complexity index is 474. The van der Waals surface area contributed by atoms with Crippen LogP contribution in [0.4, 0.5) is 11.4 Å². The van der Waals surface area contributed by atoms with E-state index in [0.717, 1.165) is 27.5 Å². The van der Waals surface area contributed by atoms with Crippen LogP contribution in [0.5, 0.6) is 0 Å². The third-order valence-corrected chi connectivity index (χ3v) is 4.87. The van der Waals surface area contributed by atoms with Crippen molar-refractivity contribution in [3.05, 3.63) is 31.2 Å². The molecule has 0 saturated carbocycles. The van der Waals surface area contributed by atoms with Gasteiger partial charge in [0.15, 0.2) is 0 Å². The van der Waals surface area contributed by atoms with Crippen molar-refractivity contribution >= 4 is 43.2 Å². The monoisotopic (exact) mass is 390 g/mol. The van der Waals surface area contributed by atoms with Gasteiger partial charge in [0.05, 0.1) is 10.6 Å². The van der Waals surface area contributed by atoms with Gasteiger partial charge in [0.2, 0.25) is 0 Å². The second kappa shape index (κ2) is 5.79. The normalized spacial score (nSPS) is 23.5. The lowest BCUT2D eigenvalue weighted by Crippen LogP contribution is -2.44. The highest BCUT2D eigenvalue weighted by Gasteiger charge is 2.29.